The number of rotatable bonds is 4. The van der Waals surface area contributed by atoms with Gasteiger partial charge in [0.2, 0.25) is 5.95 Å². The summed E-state index contributed by atoms with van der Waals surface area (Å²) in [5.41, 5.74) is 3.33. The van der Waals surface area contributed by atoms with Crippen LogP contribution in [0, 0.1) is 0 Å². The molecule has 1 aliphatic carbocycles. The largest absolute Gasteiger partial charge is 0.490 e. The van der Waals surface area contributed by atoms with Crippen LogP contribution in [0.1, 0.15) is 45.8 Å². The third-order valence-corrected chi connectivity index (χ3v) is 6.57. The number of anilines is 1. The van der Waals surface area contributed by atoms with Crippen LogP contribution in [0.4, 0.5) is 5.95 Å². The van der Waals surface area contributed by atoms with Crippen LogP contribution in [0.2, 0.25) is 0 Å². The Hall–Kier alpha value is -4.20. The van der Waals surface area contributed by atoms with Gasteiger partial charge in [-0.25, -0.2) is 4.98 Å². The minimum Gasteiger partial charge on any atom is -0.490 e. The molecule has 8 heteroatoms. The summed E-state index contributed by atoms with van der Waals surface area (Å²) in [5.74, 6) is 1.81. The molecule has 0 amide bonds. The summed E-state index contributed by atoms with van der Waals surface area (Å²) in [6.07, 6.45) is 3.41. The first kappa shape index (κ1) is 21.3. The number of fused-ring (bicyclic) bond motifs is 4. The van der Waals surface area contributed by atoms with E-state index in [1.165, 1.54) is 0 Å². The molecule has 6 rings (SSSR count). The van der Waals surface area contributed by atoms with Gasteiger partial charge in [0.25, 0.3) is 5.56 Å². The number of pyridine rings is 1. The van der Waals surface area contributed by atoms with Crippen molar-refractivity contribution in [3.63, 3.8) is 0 Å². The van der Waals surface area contributed by atoms with Gasteiger partial charge in [-0.2, -0.15) is 4.98 Å². The highest BCUT2D eigenvalue weighted by molar-refractivity contribution is 6.02. The lowest BCUT2D eigenvalue weighted by Crippen LogP contribution is -2.23. The molecular formula is C27H24N4O4. The average Bonchev–Trinajstić information content (AvgIpc) is 3.12. The quantitative estimate of drug-likeness (QED) is 0.466. The van der Waals surface area contributed by atoms with Crippen LogP contribution in [-0.2, 0) is 13.0 Å². The predicted molar refractivity (Wildman–Crippen MR) is 131 cm³/mol. The molecule has 1 atom stereocenters. The maximum atomic E-state index is 13.1. The molecule has 4 aromatic rings. The van der Waals surface area contributed by atoms with Crippen molar-refractivity contribution in [1.29, 1.82) is 0 Å². The SMILES string of the molecule is O=C1CC(c2ccccc2)Cc2c1cnc1nc(NCc3ccc4c(c3)OCCCO4)[nH]c(=O)c21. The Kier molecular flexibility index (Phi) is 5.41. The van der Waals surface area contributed by atoms with Gasteiger partial charge in [-0.05, 0) is 41.2 Å². The zero-order valence-electron chi connectivity index (χ0n) is 19.0. The molecule has 2 aromatic heterocycles. The van der Waals surface area contributed by atoms with Crippen molar-refractivity contribution in [1.82, 2.24) is 15.0 Å². The number of carbonyl (C=O) groups excluding carboxylic acids is 1. The molecule has 2 aromatic carbocycles. The van der Waals surface area contributed by atoms with Crippen molar-refractivity contribution in [2.75, 3.05) is 18.5 Å². The fourth-order valence-corrected chi connectivity index (χ4v) is 4.82. The lowest BCUT2D eigenvalue weighted by molar-refractivity contribution is 0.0964. The molecule has 1 aliphatic heterocycles. The van der Waals surface area contributed by atoms with Crippen LogP contribution < -0.4 is 20.3 Å². The number of ketones is 1. The highest BCUT2D eigenvalue weighted by atomic mass is 16.5. The number of nitrogens with zero attached hydrogens (tertiary/aromatic N) is 2. The summed E-state index contributed by atoms with van der Waals surface area (Å²) >= 11 is 0. The number of aromatic nitrogens is 3. The van der Waals surface area contributed by atoms with E-state index in [1.54, 1.807) is 6.20 Å². The minimum atomic E-state index is -0.304. The first-order valence-electron chi connectivity index (χ1n) is 11.8. The Morgan fingerprint density at radius 1 is 1.00 bits per heavy atom. The summed E-state index contributed by atoms with van der Waals surface area (Å²) in [4.78, 5) is 37.7. The van der Waals surface area contributed by atoms with Gasteiger partial charge >= 0.3 is 0 Å². The lowest BCUT2D eigenvalue weighted by Gasteiger charge is -2.24. The van der Waals surface area contributed by atoms with E-state index in [9.17, 15) is 9.59 Å². The van der Waals surface area contributed by atoms with Gasteiger partial charge in [-0.1, -0.05) is 36.4 Å². The van der Waals surface area contributed by atoms with E-state index in [0.29, 0.717) is 60.9 Å². The van der Waals surface area contributed by atoms with E-state index in [0.717, 1.165) is 28.9 Å². The number of hydrogen-bond acceptors (Lipinski definition) is 7. The Labute approximate surface area is 201 Å². The molecule has 0 bridgehead atoms. The van der Waals surface area contributed by atoms with Crippen LogP contribution in [-0.4, -0.2) is 33.9 Å². The van der Waals surface area contributed by atoms with E-state index in [4.69, 9.17) is 9.47 Å². The number of aromatic amines is 1. The standard InChI is InChI=1S/C27H24N4O4/c32-21-13-18(17-5-2-1-3-6-17)12-19-20(21)15-28-25-24(19)26(33)31-27(30-25)29-14-16-7-8-22-23(11-16)35-10-4-9-34-22/h1-3,5-8,11,15,18H,4,9-10,12-14H2,(H2,28,29,30,31,33). The van der Waals surface area contributed by atoms with E-state index in [2.05, 4.69) is 20.3 Å². The number of nitrogens with one attached hydrogen (secondary N) is 2. The Balaban J connectivity index is 1.28. The zero-order chi connectivity index (χ0) is 23.8. The topological polar surface area (TPSA) is 106 Å². The van der Waals surface area contributed by atoms with E-state index >= 15 is 0 Å². The second kappa shape index (κ2) is 8.87. The maximum Gasteiger partial charge on any atom is 0.262 e. The number of hydrogen-bond donors (Lipinski definition) is 2. The van der Waals surface area contributed by atoms with Crippen LogP contribution in [0.3, 0.4) is 0 Å². The molecule has 0 spiro atoms. The fraction of sp³-hybridized carbons (Fsp3) is 0.259. The van der Waals surface area contributed by atoms with Gasteiger partial charge < -0.3 is 14.8 Å². The summed E-state index contributed by atoms with van der Waals surface area (Å²) in [5, 5.41) is 3.56. The molecule has 1 unspecified atom stereocenters. The molecular weight excluding hydrogens is 444 g/mol. The zero-order valence-corrected chi connectivity index (χ0v) is 19.0. The number of carbonyl (C=O) groups is 1. The van der Waals surface area contributed by atoms with Gasteiger partial charge in [-0.3, -0.25) is 14.6 Å². The summed E-state index contributed by atoms with van der Waals surface area (Å²) in [6.45, 7) is 1.69. The molecule has 176 valence electrons. The normalized spacial score (nSPS) is 17.0. The van der Waals surface area contributed by atoms with E-state index < -0.39 is 0 Å². The third kappa shape index (κ3) is 4.12. The number of Topliss-reactive ketones (excluding diaryl/α,β-unsaturated/α-hetero) is 1. The lowest BCUT2D eigenvalue weighted by atomic mass is 9.79. The molecule has 3 heterocycles. The molecule has 0 saturated heterocycles. The second-order valence-electron chi connectivity index (χ2n) is 8.89. The average molecular weight is 469 g/mol. The number of H-pyrrole nitrogens is 1. The van der Waals surface area contributed by atoms with Crippen molar-refractivity contribution < 1.29 is 14.3 Å². The first-order valence-corrected chi connectivity index (χ1v) is 11.8. The van der Waals surface area contributed by atoms with Crippen molar-refractivity contribution >= 4 is 22.8 Å². The van der Waals surface area contributed by atoms with Gasteiger partial charge in [0, 0.05) is 31.1 Å². The number of benzene rings is 2. The highest BCUT2D eigenvalue weighted by Crippen LogP contribution is 2.35. The van der Waals surface area contributed by atoms with Gasteiger partial charge in [-0.15, -0.1) is 0 Å². The van der Waals surface area contributed by atoms with E-state index in [1.807, 2.05) is 48.5 Å². The Morgan fingerprint density at radius 2 is 1.83 bits per heavy atom. The van der Waals surface area contributed by atoms with E-state index in [-0.39, 0.29) is 17.3 Å². The van der Waals surface area contributed by atoms with Gasteiger partial charge in [0.1, 0.15) is 0 Å². The van der Waals surface area contributed by atoms with Crippen LogP contribution in [0.25, 0.3) is 11.0 Å². The molecule has 0 radical (unpaired) electrons. The van der Waals surface area contributed by atoms with Gasteiger partial charge in [0.05, 0.1) is 18.6 Å². The number of ether oxygens (including phenoxy) is 2. The van der Waals surface area contributed by atoms with Crippen LogP contribution >= 0.6 is 0 Å². The first-order chi connectivity index (χ1) is 17.2. The second-order valence-corrected chi connectivity index (χ2v) is 8.89. The molecule has 2 N–H and O–H groups in total. The maximum absolute atomic E-state index is 13.1. The van der Waals surface area contributed by atoms with Crippen molar-refractivity contribution in [3.05, 3.63) is 87.3 Å². The summed E-state index contributed by atoms with van der Waals surface area (Å²) in [6, 6.07) is 15.7. The Morgan fingerprint density at radius 3 is 2.69 bits per heavy atom. The van der Waals surface area contributed by atoms with Crippen LogP contribution in [0.15, 0.2) is 59.5 Å². The monoisotopic (exact) mass is 468 g/mol. The molecule has 0 saturated carbocycles. The Bertz CT molecular complexity index is 1480. The molecule has 35 heavy (non-hydrogen) atoms. The predicted octanol–water partition coefficient (Wildman–Crippen LogP) is 4.00. The molecule has 0 fully saturated rings. The van der Waals surface area contributed by atoms with Gasteiger partial charge in [0.15, 0.2) is 22.9 Å². The molecule has 8 nitrogen and oxygen atoms in total. The summed E-state index contributed by atoms with van der Waals surface area (Å²) < 4.78 is 11.4. The van der Waals surface area contributed by atoms with Crippen LogP contribution in [0.5, 0.6) is 11.5 Å². The molecule has 2 aliphatic rings. The van der Waals surface area contributed by atoms with Crippen molar-refractivity contribution in [3.8, 4) is 11.5 Å². The van der Waals surface area contributed by atoms with Crippen molar-refractivity contribution in [2.45, 2.75) is 31.7 Å². The smallest absolute Gasteiger partial charge is 0.262 e. The third-order valence-electron chi connectivity index (χ3n) is 6.57. The minimum absolute atomic E-state index is 0.00510. The highest BCUT2D eigenvalue weighted by Gasteiger charge is 2.29. The van der Waals surface area contributed by atoms with Crippen molar-refractivity contribution in [2.24, 2.45) is 0 Å². The fourth-order valence-electron chi connectivity index (χ4n) is 4.82. The summed E-state index contributed by atoms with van der Waals surface area (Å²) in [7, 11) is 0.